The Balaban J connectivity index is 3.72. The molecule has 0 aromatic rings. The van der Waals surface area contributed by atoms with E-state index in [1.807, 2.05) is 32.8 Å². The fourth-order valence-electron chi connectivity index (χ4n) is 0.583. The van der Waals surface area contributed by atoms with Gasteiger partial charge in [-0.25, -0.2) is 0 Å². The van der Waals surface area contributed by atoms with Crippen LogP contribution in [-0.4, -0.2) is 30.8 Å². The molecule has 9 heavy (non-hydrogen) atoms. The number of Topliss-reactive ketones (excluding diaryl/α,β-unsaturated/α-hetero) is 1. The van der Waals surface area contributed by atoms with E-state index in [1.165, 1.54) is 0 Å². The molecule has 0 saturated heterocycles. The van der Waals surface area contributed by atoms with E-state index in [4.69, 9.17) is 0 Å². The first-order chi connectivity index (χ1) is 4.09. The Morgan fingerprint density at radius 3 is 2.11 bits per heavy atom. The first kappa shape index (κ1) is 8.63. The van der Waals surface area contributed by atoms with E-state index in [2.05, 4.69) is 0 Å². The summed E-state index contributed by atoms with van der Waals surface area (Å²) in [5.74, 6) is 0.306. The van der Waals surface area contributed by atoms with E-state index in [9.17, 15) is 4.79 Å². The van der Waals surface area contributed by atoms with Gasteiger partial charge in [0.15, 0.2) is 0 Å². The van der Waals surface area contributed by atoms with Crippen LogP contribution in [0.1, 0.15) is 20.3 Å². The minimum atomic E-state index is 0.0787. The van der Waals surface area contributed by atoms with Crippen molar-refractivity contribution in [1.29, 1.82) is 0 Å². The number of nitrogens with zero attached hydrogens (tertiary/aromatic N) is 1. The van der Waals surface area contributed by atoms with E-state index in [-0.39, 0.29) is 6.04 Å². The van der Waals surface area contributed by atoms with E-state index in [1.54, 1.807) is 0 Å². The zero-order valence-corrected chi connectivity index (χ0v) is 6.64. The van der Waals surface area contributed by atoms with Gasteiger partial charge in [0.25, 0.3) is 0 Å². The van der Waals surface area contributed by atoms with Crippen LogP contribution in [0.15, 0.2) is 0 Å². The van der Waals surface area contributed by atoms with Gasteiger partial charge in [0.2, 0.25) is 0 Å². The van der Waals surface area contributed by atoms with Crippen molar-refractivity contribution in [1.82, 2.24) is 4.90 Å². The van der Waals surface area contributed by atoms with Gasteiger partial charge in [0.05, 0.1) is 6.04 Å². The van der Waals surface area contributed by atoms with Crippen LogP contribution < -0.4 is 0 Å². The highest BCUT2D eigenvalue weighted by Gasteiger charge is 2.11. The molecule has 0 fully saturated rings. The van der Waals surface area contributed by atoms with Crippen LogP contribution in [0.3, 0.4) is 0 Å². The molecule has 0 aromatic heterocycles. The average molecular weight is 129 g/mol. The molecule has 0 amide bonds. The lowest BCUT2D eigenvalue weighted by Crippen LogP contribution is -2.32. The van der Waals surface area contributed by atoms with Crippen LogP contribution in [0.4, 0.5) is 0 Å². The predicted octanol–water partition coefficient (Wildman–Crippen LogP) is 0.916. The van der Waals surface area contributed by atoms with Crippen molar-refractivity contribution in [3.63, 3.8) is 0 Å². The maximum absolute atomic E-state index is 10.9. The normalized spacial score (nSPS) is 13.9. The lowest BCUT2D eigenvalue weighted by molar-refractivity contribution is -0.122. The number of hydrogen-bond donors (Lipinski definition) is 0. The molecule has 0 spiro atoms. The highest BCUT2D eigenvalue weighted by molar-refractivity contribution is 5.83. The summed E-state index contributed by atoms with van der Waals surface area (Å²) in [4.78, 5) is 12.8. The molecule has 0 heterocycles. The molecule has 2 heteroatoms. The fraction of sp³-hybridized carbons (Fsp3) is 0.857. The number of likely N-dealkylation sites (N-methyl/N-ethyl adjacent to an activating group) is 1. The van der Waals surface area contributed by atoms with Crippen LogP contribution in [0.2, 0.25) is 0 Å². The molecule has 0 aliphatic carbocycles. The molecule has 0 radical (unpaired) electrons. The van der Waals surface area contributed by atoms with E-state index in [0.29, 0.717) is 12.2 Å². The second-order valence-electron chi connectivity index (χ2n) is 2.46. The molecule has 0 saturated carbocycles. The standard InChI is InChI=1S/C7H15NO/c1-5-7(9)6(2)8(3)4/h6H,5H2,1-4H3/t6-/m1/s1. The topological polar surface area (TPSA) is 20.3 Å². The van der Waals surface area contributed by atoms with Crippen LogP contribution in [0.25, 0.3) is 0 Å². The van der Waals surface area contributed by atoms with Crippen LogP contribution in [0.5, 0.6) is 0 Å². The number of hydrogen-bond acceptors (Lipinski definition) is 2. The highest BCUT2D eigenvalue weighted by atomic mass is 16.1. The summed E-state index contributed by atoms with van der Waals surface area (Å²) < 4.78 is 0. The molecular formula is C7H15NO. The zero-order valence-electron chi connectivity index (χ0n) is 6.64. The predicted molar refractivity (Wildman–Crippen MR) is 38.4 cm³/mol. The Bertz CT molecular complexity index is 99.1. The minimum absolute atomic E-state index is 0.0787. The van der Waals surface area contributed by atoms with Gasteiger partial charge in [-0.3, -0.25) is 9.69 Å². The second-order valence-corrected chi connectivity index (χ2v) is 2.46. The number of carbonyl (C=O) groups is 1. The Hall–Kier alpha value is -0.370. The molecule has 0 N–H and O–H groups in total. The van der Waals surface area contributed by atoms with E-state index >= 15 is 0 Å². The molecule has 0 bridgehead atoms. The van der Waals surface area contributed by atoms with Crippen molar-refractivity contribution in [3.8, 4) is 0 Å². The third-order valence-electron chi connectivity index (χ3n) is 1.59. The van der Waals surface area contributed by atoms with Crippen LogP contribution >= 0.6 is 0 Å². The molecule has 0 aliphatic heterocycles. The van der Waals surface area contributed by atoms with Gasteiger partial charge in [0.1, 0.15) is 5.78 Å². The Morgan fingerprint density at radius 2 is 2.00 bits per heavy atom. The Morgan fingerprint density at radius 1 is 1.56 bits per heavy atom. The summed E-state index contributed by atoms with van der Waals surface area (Å²) in [5.41, 5.74) is 0. The average Bonchev–Trinajstić information content (AvgIpc) is 1.84. The van der Waals surface area contributed by atoms with Crippen molar-refractivity contribution in [2.45, 2.75) is 26.3 Å². The van der Waals surface area contributed by atoms with Crippen molar-refractivity contribution >= 4 is 5.78 Å². The Kier molecular flexibility index (Phi) is 3.47. The summed E-state index contributed by atoms with van der Waals surface area (Å²) in [6.45, 7) is 3.81. The molecule has 0 aliphatic rings. The van der Waals surface area contributed by atoms with Crippen LogP contribution in [0, 0.1) is 0 Å². The summed E-state index contributed by atoms with van der Waals surface area (Å²) in [6, 6.07) is 0.0787. The summed E-state index contributed by atoms with van der Waals surface area (Å²) in [7, 11) is 3.83. The first-order valence-corrected chi connectivity index (χ1v) is 3.28. The highest BCUT2D eigenvalue weighted by Crippen LogP contribution is 1.95. The quantitative estimate of drug-likeness (QED) is 0.564. The van der Waals surface area contributed by atoms with Gasteiger partial charge in [-0.05, 0) is 21.0 Å². The van der Waals surface area contributed by atoms with E-state index < -0.39 is 0 Å². The third-order valence-corrected chi connectivity index (χ3v) is 1.59. The maximum Gasteiger partial charge on any atom is 0.149 e. The fourth-order valence-corrected chi connectivity index (χ4v) is 0.583. The van der Waals surface area contributed by atoms with Gasteiger partial charge in [-0.1, -0.05) is 6.92 Å². The molecular weight excluding hydrogens is 114 g/mol. The van der Waals surface area contributed by atoms with E-state index in [0.717, 1.165) is 0 Å². The molecule has 1 atom stereocenters. The third kappa shape index (κ3) is 2.61. The minimum Gasteiger partial charge on any atom is -0.300 e. The molecule has 54 valence electrons. The van der Waals surface area contributed by atoms with Crippen molar-refractivity contribution in [2.75, 3.05) is 14.1 Å². The summed E-state index contributed by atoms with van der Waals surface area (Å²) >= 11 is 0. The summed E-state index contributed by atoms with van der Waals surface area (Å²) in [5, 5.41) is 0. The smallest absolute Gasteiger partial charge is 0.149 e. The first-order valence-electron chi connectivity index (χ1n) is 3.28. The molecule has 0 unspecified atom stereocenters. The van der Waals surface area contributed by atoms with Gasteiger partial charge in [-0.2, -0.15) is 0 Å². The number of carbonyl (C=O) groups excluding carboxylic acids is 1. The van der Waals surface area contributed by atoms with Gasteiger partial charge in [-0.15, -0.1) is 0 Å². The largest absolute Gasteiger partial charge is 0.300 e. The molecule has 0 aromatic carbocycles. The van der Waals surface area contributed by atoms with Gasteiger partial charge in [0, 0.05) is 6.42 Å². The van der Waals surface area contributed by atoms with Gasteiger partial charge < -0.3 is 0 Å². The number of rotatable bonds is 3. The maximum atomic E-state index is 10.9. The SMILES string of the molecule is CCC(=O)[C@@H](C)N(C)C. The number of ketones is 1. The lowest BCUT2D eigenvalue weighted by atomic mass is 10.1. The van der Waals surface area contributed by atoms with Gasteiger partial charge >= 0.3 is 0 Å². The Labute approximate surface area is 56.9 Å². The zero-order chi connectivity index (χ0) is 7.44. The molecule has 0 rings (SSSR count). The summed E-state index contributed by atoms with van der Waals surface area (Å²) in [6.07, 6.45) is 0.638. The van der Waals surface area contributed by atoms with Crippen LogP contribution in [-0.2, 0) is 4.79 Å². The van der Waals surface area contributed by atoms with Crippen molar-refractivity contribution in [2.24, 2.45) is 0 Å². The second kappa shape index (κ2) is 3.62. The van der Waals surface area contributed by atoms with Crippen molar-refractivity contribution < 1.29 is 4.79 Å². The monoisotopic (exact) mass is 129 g/mol. The lowest BCUT2D eigenvalue weighted by Gasteiger charge is -2.16. The van der Waals surface area contributed by atoms with Crippen molar-refractivity contribution in [3.05, 3.63) is 0 Å². The molecule has 2 nitrogen and oxygen atoms in total.